The van der Waals surface area contributed by atoms with Gasteiger partial charge in [0.05, 0.1) is 0 Å². The number of hydrogen-bond acceptors (Lipinski definition) is 6. The standard InChI is InChI=1S/C60H108O6/c1-4-7-10-13-16-19-22-25-28-30-33-35-38-41-44-47-50-53-59(62)65-56-57(55-64-58(61)52-49-46-43-40-37-34-31-27-24-21-18-15-12-9-6-3)66-60(63)54-51-48-45-42-39-36-32-29-26-23-20-17-14-11-8-5-2/h9,12,18,21,27,31,37,40,57H,4-8,10-11,13-17,19-20,22-26,28-30,32-36,38-39,41-56H2,1-3H3/b12-9-,21-18-,31-27-,40-37-. The molecule has 0 saturated carbocycles. The van der Waals surface area contributed by atoms with Crippen molar-refractivity contribution in [3.05, 3.63) is 48.6 Å². The molecule has 1 atom stereocenters. The molecule has 6 nitrogen and oxygen atoms in total. The second kappa shape index (κ2) is 55.0. The number of carbonyl (C=O) groups excluding carboxylic acids is 3. The van der Waals surface area contributed by atoms with Crippen molar-refractivity contribution >= 4 is 17.9 Å². The lowest BCUT2D eigenvalue weighted by molar-refractivity contribution is -0.167. The number of esters is 3. The van der Waals surface area contributed by atoms with E-state index in [9.17, 15) is 14.4 Å². The van der Waals surface area contributed by atoms with Crippen molar-refractivity contribution in [3.63, 3.8) is 0 Å². The molecule has 0 radical (unpaired) electrons. The summed E-state index contributed by atoms with van der Waals surface area (Å²) in [5, 5.41) is 0. The Bertz CT molecular complexity index is 1150. The third-order valence-electron chi connectivity index (χ3n) is 12.6. The van der Waals surface area contributed by atoms with E-state index in [-0.39, 0.29) is 31.1 Å². The number of rotatable bonds is 52. The van der Waals surface area contributed by atoms with E-state index in [0.717, 1.165) is 83.5 Å². The summed E-state index contributed by atoms with van der Waals surface area (Å²) in [4.78, 5) is 38.1. The maximum Gasteiger partial charge on any atom is 0.306 e. The van der Waals surface area contributed by atoms with Gasteiger partial charge in [-0.25, -0.2) is 0 Å². The third-order valence-corrected chi connectivity index (χ3v) is 12.6. The molecule has 0 amide bonds. The van der Waals surface area contributed by atoms with Gasteiger partial charge in [0.2, 0.25) is 0 Å². The van der Waals surface area contributed by atoms with Crippen molar-refractivity contribution in [1.82, 2.24) is 0 Å². The zero-order chi connectivity index (χ0) is 47.9. The zero-order valence-electron chi connectivity index (χ0n) is 44.0. The number of ether oxygens (including phenoxy) is 3. The Morgan fingerprint density at radius 3 is 0.924 bits per heavy atom. The van der Waals surface area contributed by atoms with Crippen LogP contribution in [-0.2, 0) is 28.6 Å². The molecule has 0 N–H and O–H groups in total. The summed E-state index contributed by atoms with van der Waals surface area (Å²) in [6, 6.07) is 0. The van der Waals surface area contributed by atoms with Gasteiger partial charge in [0.15, 0.2) is 6.10 Å². The van der Waals surface area contributed by atoms with Crippen LogP contribution in [0.4, 0.5) is 0 Å². The van der Waals surface area contributed by atoms with Gasteiger partial charge in [-0.3, -0.25) is 14.4 Å². The van der Waals surface area contributed by atoms with Crippen LogP contribution >= 0.6 is 0 Å². The Hall–Kier alpha value is -2.63. The van der Waals surface area contributed by atoms with Crippen LogP contribution in [0.2, 0.25) is 0 Å². The highest BCUT2D eigenvalue weighted by Crippen LogP contribution is 2.17. The molecule has 0 aromatic heterocycles. The van der Waals surface area contributed by atoms with E-state index < -0.39 is 6.10 Å². The van der Waals surface area contributed by atoms with Crippen molar-refractivity contribution in [2.24, 2.45) is 0 Å². The second-order valence-electron chi connectivity index (χ2n) is 19.2. The Morgan fingerprint density at radius 1 is 0.318 bits per heavy atom. The molecule has 0 aromatic rings. The predicted octanol–water partition coefficient (Wildman–Crippen LogP) is 19.0. The summed E-state index contributed by atoms with van der Waals surface area (Å²) >= 11 is 0. The van der Waals surface area contributed by atoms with Crippen LogP contribution in [-0.4, -0.2) is 37.2 Å². The minimum absolute atomic E-state index is 0.0817. The molecule has 0 saturated heterocycles. The topological polar surface area (TPSA) is 78.9 Å². The summed E-state index contributed by atoms with van der Waals surface area (Å²) in [7, 11) is 0. The van der Waals surface area contributed by atoms with E-state index in [4.69, 9.17) is 14.2 Å². The number of hydrogen-bond donors (Lipinski definition) is 0. The SMILES string of the molecule is CC/C=C\C/C=C\C/C=C\C/C=C\CCCCC(=O)OCC(COC(=O)CCCCCCCCCCCCCCCCCCC)OC(=O)CCCCCCCCCCCCCCCCCC. The minimum atomic E-state index is -0.786. The molecule has 384 valence electrons. The smallest absolute Gasteiger partial charge is 0.306 e. The predicted molar refractivity (Wildman–Crippen MR) is 284 cm³/mol. The van der Waals surface area contributed by atoms with Gasteiger partial charge in [-0.2, -0.15) is 0 Å². The first-order valence-electron chi connectivity index (χ1n) is 28.6. The summed E-state index contributed by atoms with van der Waals surface area (Å²) in [6.07, 6.45) is 66.7. The quantitative estimate of drug-likeness (QED) is 0.0262. The zero-order valence-corrected chi connectivity index (χ0v) is 44.0. The van der Waals surface area contributed by atoms with Crippen molar-refractivity contribution < 1.29 is 28.6 Å². The van der Waals surface area contributed by atoms with Crippen LogP contribution in [0.15, 0.2) is 48.6 Å². The molecular formula is C60H108O6. The molecule has 0 aliphatic rings. The molecule has 1 unspecified atom stereocenters. The van der Waals surface area contributed by atoms with Crippen LogP contribution in [0.1, 0.15) is 297 Å². The molecule has 0 heterocycles. The maximum absolute atomic E-state index is 12.8. The molecule has 0 aliphatic carbocycles. The Balaban J connectivity index is 4.38. The normalized spacial score (nSPS) is 12.3. The molecule has 0 spiro atoms. The van der Waals surface area contributed by atoms with E-state index in [1.165, 1.54) is 173 Å². The first-order valence-corrected chi connectivity index (χ1v) is 28.6. The summed E-state index contributed by atoms with van der Waals surface area (Å²) in [6.45, 7) is 6.53. The molecule has 0 rings (SSSR count). The van der Waals surface area contributed by atoms with Gasteiger partial charge in [0, 0.05) is 19.3 Å². The molecular weight excluding hydrogens is 817 g/mol. The van der Waals surface area contributed by atoms with Gasteiger partial charge in [-0.15, -0.1) is 0 Å². The van der Waals surface area contributed by atoms with E-state index in [1.807, 2.05) is 0 Å². The van der Waals surface area contributed by atoms with Gasteiger partial charge >= 0.3 is 17.9 Å². The Morgan fingerprint density at radius 2 is 0.591 bits per heavy atom. The van der Waals surface area contributed by atoms with Gasteiger partial charge < -0.3 is 14.2 Å². The van der Waals surface area contributed by atoms with Crippen molar-refractivity contribution in [2.75, 3.05) is 13.2 Å². The number of unbranched alkanes of at least 4 members (excludes halogenated alkanes) is 33. The third kappa shape index (κ3) is 52.3. The largest absolute Gasteiger partial charge is 0.462 e. The highest BCUT2D eigenvalue weighted by molar-refractivity contribution is 5.71. The molecule has 66 heavy (non-hydrogen) atoms. The fraction of sp³-hybridized carbons (Fsp3) is 0.817. The molecule has 0 fully saturated rings. The summed E-state index contributed by atoms with van der Waals surface area (Å²) in [5.41, 5.74) is 0. The van der Waals surface area contributed by atoms with E-state index in [1.54, 1.807) is 0 Å². The number of allylic oxidation sites excluding steroid dienone is 8. The fourth-order valence-corrected chi connectivity index (χ4v) is 8.32. The van der Waals surface area contributed by atoms with E-state index >= 15 is 0 Å². The first kappa shape index (κ1) is 63.4. The van der Waals surface area contributed by atoms with Gasteiger partial charge in [0.1, 0.15) is 13.2 Å². The first-order chi connectivity index (χ1) is 32.5. The van der Waals surface area contributed by atoms with Crippen LogP contribution in [0.25, 0.3) is 0 Å². The highest BCUT2D eigenvalue weighted by Gasteiger charge is 2.19. The molecule has 0 aliphatic heterocycles. The van der Waals surface area contributed by atoms with Crippen LogP contribution in [0.5, 0.6) is 0 Å². The van der Waals surface area contributed by atoms with Gasteiger partial charge in [0.25, 0.3) is 0 Å². The van der Waals surface area contributed by atoms with Crippen LogP contribution < -0.4 is 0 Å². The van der Waals surface area contributed by atoms with E-state index in [0.29, 0.717) is 19.3 Å². The lowest BCUT2D eigenvalue weighted by Gasteiger charge is -2.18. The molecule has 0 bridgehead atoms. The Kier molecular flexibility index (Phi) is 52.8. The van der Waals surface area contributed by atoms with Crippen LogP contribution in [0, 0.1) is 0 Å². The lowest BCUT2D eigenvalue weighted by Crippen LogP contribution is -2.30. The minimum Gasteiger partial charge on any atom is -0.462 e. The Labute approximate surface area is 409 Å². The van der Waals surface area contributed by atoms with Crippen LogP contribution in [0.3, 0.4) is 0 Å². The summed E-state index contributed by atoms with van der Waals surface area (Å²) < 4.78 is 16.8. The van der Waals surface area contributed by atoms with Crippen molar-refractivity contribution in [3.8, 4) is 0 Å². The maximum atomic E-state index is 12.8. The second-order valence-corrected chi connectivity index (χ2v) is 19.2. The molecule has 0 aromatic carbocycles. The number of carbonyl (C=O) groups is 3. The fourth-order valence-electron chi connectivity index (χ4n) is 8.32. The van der Waals surface area contributed by atoms with Gasteiger partial charge in [-0.1, -0.05) is 268 Å². The highest BCUT2D eigenvalue weighted by atomic mass is 16.6. The van der Waals surface area contributed by atoms with E-state index in [2.05, 4.69) is 69.4 Å². The van der Waals surface area contributed by atoms with Crippen molar-refractivity contribution in [1.29, 1.82) is 0 Å². The monoisotopic (exact) mass is 925 g/mol. The summed E-state index contributed by atoms with van der Waals surface area (Å²) in [5.74, 6) is -0.908. The average molecular weight is 926 g/mol. The molecule has 6 heteroatoms. The lowest BCUT2D eigenvalue weighted by atomic mass is 10.0. The van der Waals surface area contributed by atoms with Crippen molar-refractivity contribution in [2.45, 2.75) is 303 Å². The average Bonchev–Trinajstić information content (AvgIpc) is 3.31. The van der Waals surface area contributed by atoms with Gasteiger partial charge in [-0.05, 0) is 57.8 Å².